The second-order valence-corrected chi connectivity index (χ2v) is 8.36. The summed E-state index contributed by atoms with van der Waals surface area (Å²) in [6, 6.07) is 19.0. The molecule has 4 rings (SSSR count). The summed E-state index contributed by atoms with van der Waals surface area (Å²) < 4.78 is 1.40. The van der Waals surface area contributed by atoms with E-state index in [1.165, 1.54) is 4.68 Å². The van der Waals surface area contributed by atoms with Gasteiger partial charge in [-0.15, -0.1) is 0 Å². The Morgan fingerprint density at radius 2 is 1.73 bits per heavy atom. The van der Waals surface area contributed by atoms with Crippen molar-refractivity contribution in [3.8, 4) is 0 Å². The predicted molar refractivity (Wildman–Crippen MR) is 128 cm³/mol. The summed E-state index contributed by atoms with van der Waals surface area (Å²) in [6.07, 6.45) is -0.706. The highest BCUT2D eigenvalue weighted by molar-refractivity contribution is 5.84. The number of aromatic nitrogens is 3. The maximum atomic E-state index is 13.5. The monoisotopic (exact) mass is 444 g/mol. The van der Waals surface area contributed by atoms with Gasteiger partial charge in [0.2, 0.25) is 5.91 Å². The van der Waals surface area contributed by atoms with Gasteiger partial charge >= 0.3 is 0 Å². The second-order valence-electron chi connectivity index (χ2n) is 8.36. The minimum atomic E-state index is -0.807. The van der Waals surface area contributed by atoms with E-state index in [-0.39, 0.29) is 24.4 Å². The summed E-state index contributed by atoms with van der Waals surface area (Å²) in [7, 11) is 1.65. The molecule has 0 spiro atoms. The third-order valence-corrected chi connectivity index (χ3v) is 6.05. The first-order valence-electron chi connectivity index (χ1n) is 10.9. The molecule has 0 aliphatic heterocycles. The molecule has 2 N–H and O–H groups in total. The van der Waals surface area contributed by atoms with Gasteiger partial charge in [-0.25, -0.2) is 4.98 Å². The largest absolute Gasteiger partial charge is 0.387 e. The Morgan fingerprint density at radius 3 is 2.39 bits per heavy atom. The van der Waals surface area contributed by atoms with Gasteiger partial charge < -0.3 is 10.0 Å². The standard InChI is InChI=1S/C26H28N4O3/c1-17-21(18(2)27-25-24(17)26(33)29(3)28-25)14-23(32)30(15-19-10-6-4-7-11-19)16-22(31)20-12-8-5-9-13-20/h4-13,22,31H,14-16H2,1-3H3,(H,27,28). The summed E-state index contributed by atoms with van der Waals surface area (Å²) in [5.74, 6) is -0.131. The zero-order valence-corrected chi connectivity index (χ0v) is 19.1. The quantitative estimate of drug-likeness (QED) is 0.458. The van der Waals surface area contributed by atoms with Gasteiger partial charge in [-0.2, -0.15) is 0 Å². The molecule has 0 fully saturated rings. The number of aliphatic hydroxyl groups is 1. The maximum Gasteiger partial charge on any atom is 0.276 e. The van der Waals surface area contributed by atoms with Crippen LogP contribution in [0.1, 0.15) is 34.1 Å². The molecule has 0 radical (unpaired) electrons. The SMILES string of the molecule is Cc1nc2[nH]n(C)c(=O)c2c(C)c1CC(=O)N(Cc1ccccc1)CC(O)c1ccccc1. The fraction of sp³-hybridized carbons (Fsp3) is 0.269. The maximum absolute atomic E-state index is 13.5. The molecular weight excluding hydrogens is 416 g/mol. The lowest BCUT2D eigenvalue weighted by atomic mass is 10.0. The molecule has 7 nitrogen and oxygen atoms in total. The number of aryl methyl sites for hydroxylation is 3. The predicted octanol–water partition coefficient (Wildman–Crippen LogP) is 3.18. The van der Waals surface area contributed by atoms with Gasteiger partial charge in [-0.3, -0.25) is 19.4 Å². The van der Waals surface area contributed by atoms with Crippen LogP contribution in [-0.4, -0.2) is 37.2 Å². The highest BCUT2D eigenvalue weighted by Crippen LogP contribution is 2.22. The van der Waals surface area contributed by atoms with Crippen LogP contribution in [0.5, 0.6) is 0 Å². The number of aromatic amines is 1. The number of aliphatic hydroxyl groups excluding tert-OH is 1. The third-order valence-electron chi connectivity index (χ3n) is 6.05. The number of hydrogen-bond acceptors (Lipinski definition) is 4. The molecule has 0 aliphatic carbocycles. The van der Waals surface area contributed by atoms with Crippen LogP contribution >= 0.6 is 0 Å². The summed E-state index contributed by atoms with van der Waals surface area (Å²) in [5, 5.41) is 14.3. The normalized spacial score (nSPS) is 12.1. The first-order chi connectivity index (χ1) is 15.8. The molecule has 33 heavy (non-hydrogen) atoms. The molecule has 1 unspecified atom stereocenters. The fourth-order valence-electron chi connectivity index (χ4n) is 4.18. The van der Waals surface area contributed by atoms with Crippen LogP contribution in [-0.2, 0) is 24.8 Å². The van der Waals surface area contributed by atoms with Gasteiger partial charge in [0.05, 0.1) is 24.5 Å². The minimum absolute atomic E-state index is 0.100. The van der Waals surface area contributed by atoms with Gasteiger partial charge in [0.1, 0.15) is 0 Å². The minimum Gasteiger partial charge on any atom is -0.387 e. The summed E-state index contributed by atoms with van der Waals surface area (Å²) >= 11 is 0. The number of pyridine rings is 1. The van der Waals surface area contributed by atoms with Crippen molar-refractivity contribution in [2.45, 2.75) is 32.9 Å². The van der Waals surface area contributed by atoms with E-state index in [0.717, 1.165) is 22.3 Å². The first kappa shape index (κ1) is 22.5. The lowest BCUT2D eigenvalue weighted by Crippen LogP contribution is -2.35. The average Bonchev–Trinajstić information content (AvgIpc) is 3.10. The third kappa shape index (κ3) is 4.73. The molecule has 7 heteroatoms. The molecule has 0 bridgehead atoms. The van der Waals surface area contributed by atoms with Gasteiger partial charge in [-0.05, 0) is 36.1 Å². The fourth-order valence-corrected chi connectivity index (χ4v) is 4.18. The van der Waals surface area contributed by atoms with E-state index < -0.39 is 6.10 Å². The van der Waals surface area contributed by atoms with Crippen LogP contribution in [0.25, 0.3) is 11.0 Å². The molecule has 2 heterocycles. The molecule has 2 aromatic heterocycles. The van der Waals surface area contributed by atoms with Crippen LogP contribution in [0.2, 0.25) is 0 Å². The van der Waals surface area contributed by atoms with Gasteiger partial charge in [0, 0.05) is 19.3 Å². The zero-order chi connectivity index (χ0) is 23.5. The molecule has 170 valence electrons. The van der Waals surface area contributed by atoms with Crippen molar-refractivity contribution in [3.63, 3.8) is 0 Å². The smallest absolute Gasteiger partial charge is 0.276 e. The first-order valence-corrected chi connectivity index (χ1v) is 10.9. The Balaban J connectivity index is 1.65. The Labute approximate surface area is 192 Å². The van der Waals surface area contributed by atoms with E-state index in [1.807, 2.05) is 74.5 Å². The molecule has 0 aliphatic rings. The number of hydrogen-bond donors (Lipinski definition) is 2. The van der Waals surface area contributed by atoms with E-state index in [1.54, 1.807) is 11.9 Å². The van der Waals surface area contributed by atoms with Crippen molar-refractivity contribution in [1.82, 2.24) is 19.7 Å². The molecule has 4 aromatic rings. The molecule has 1 amide bonds. The van der Waals surface area contributed by atoms with E-state index in [9.17, 15) is 14.7 Å². The highest BCUT2D eigenvalue weighted by atomic mass is 16.3. The van der Waals surface area contributed by atoms with Crippen LogP contribution in [0.15, 0.2) is 65.5 Å². The average molecular weight is 445 g/mol. The number of benzene rings is 2. The lowest BCUT2D eigenvalue weighted by Gasteiger charge is -2.26. The van der Waals surface area contributed by atoms with Crippen molar-refractivity contribution in [2.24, 2.45) is 7.05 Å². The lowest BCUT2D eigenvalue weighted by molar-refractivity contribution is -0.132. The van der Waals surface area contributed by atoms with Crippen molar-refractivity contribution in [1.29, 1.82) is 0 Å². The van der Waals surface area contributed by atoms with Crippen LogP contribution < -0.4 is 5.56 Å². The molecule has 1 atom stereocenters. The molecule has 0 saturated carbocycles. The number of nitrogens with zero attached hydrogens (tertiary/aromatic N) is 3. The Morgan fingerprint density at radius 1 is 1.09 bits per heavy atom. The van der Waals surface area contributed by atoms with E-state index in [4.69, 9.17) is 0 Å². The Kier molecular flexibility index (Phi) is 6.42. The summed E-state index contributed by atoms with van der Waals surface area (Å²) in [4.78, 5) is 32.2. The van der Waals surface area contributed by atoms with Gasteiger partial charge in [-0.1, -0.05) is 60.7 Å². The Bertz CT molecular complexity index is 1330. The number of carbonyl (C=O) groups excluding carboxylic acids is 1. The van der Waals surface area contributed by atoms with Crippen LogP contribution in [0.3, 0.4) is 0 Å². The van der Waals surface area contributed by atoms with Crippen molar-refractivity contribution in [3.05, 3.63) is 99.0 Å². The number of rotatable bonds is 7. The van der Waals surface area contributed by atoms with Gasteiger partial charge in [0.15, 0.2) is 5.65 Å². The van der Waals surface area contributed by atoms with Gasteiger partial charge in [0.25, 0.3) is 5.56 Å². The zero-order valence-electron chi connectivity index (χ0n) is 19.1. The van der Waals surface area contributed by atoms with E-state index >= 15 is 0 Å². The Hall–Kier alpha value is -3.71. The number of fused-ring (bicyclic) bond motifs is 1. The van der Waals surface area contributed by atoms with Crippen LogP contribution in [0.4, 0.5) is 0 Å². The summed E-state index contributed by atoms with van der Waals surface area (Å²) in [5.41, 5.74) is 4.31. The number of carbonyl (C=O) groups is 1. The molecule has 2 aromatic carbocycles. The molecule has 0 saturated heterocycles. The number of H-pyrrole nitrogens is 1. The highest BCUT2D eigenvalue weighted by Gasteiger charge is 2.23. The van der Waals surface area contributed by atoms with Crippen LogP contribution in [0, 0.1) is 13.8 Å². The summed E-state index contributed by atoms with van der Waals surface area (Å²) in [6.45, 7) is 4.25. The topological polar surface area (TPSA) is 91.2 Å². The number of amides is 1. The van der Waals surface area contributed by atoms with Crippen molar-refractivity contribution >= 4 is 16.9 Å². The van der Waals surface area contributed by atoms with E-state index in [0.29, 0.717) is 23.3 Å². The van der Waals surface area contributed by atoms with Crippen molar-refractivity contribution in [2.75, 3.05) is 6.54 Å². The van der Waals surface area contributed by atoms with Crippen molar-refractivity contribution < 1.29 is 9.90 Å². The molecular formula is C26H28N4O3. The van der Waals surface area contributed by atoms with E-state index in [2.05, 4.69) is 10.1 Å². The number of nitrogens with one attached hydrogen (secondary N) is 1. The second kappa shape index (κ2) is 9.42.